The van der Waals surface area contributed by atoms with Crippen molar-refractivity contribution in [2.45, 2.75) is 20.3 Å². The number of nitrogens with zero attached hydrogens (tertiary/aromatic N) is 1. The van der Waals surface area contributed by atoms with Crippen LogP contribution < -0.4 is 5.32 Å². The van der Waals surface area contributed by atoms with Crippen LogP contribution in [0.2, 0.25) is 0 Å². The lowest BCUT2D eigenvalue weighted by Gasteiger charge is -2.10. The van der Waals surface area contributed by atoms with Crippen LogP contribution >= 0.6 is 0 Å². The Morgan fingerprint density at radius 2 is 1.89 bits per heavy atom. The van der Waals surface area contributed by atoms with Crippen molar-refractivity contribution in [1.29, 1.82) is 0 Å². The summed E-state index contributed by atoms with van der Waals surface area (Å²) in [7, 11) is 0. The first kappa shape index (κ1) is 13.3. The fourth-order valence-electron chi connectivity index (χ4n) is 1.95. The first-order valence-electron chi connectivity index (χ1n) is 6.53. The Hall–Kier alpha value is -2.16. The van der Waals surface area contributed by atoms with E-state index in [4.69, 9.17) is 0 Å². The lowest BCUT2D eigenvalue weighted by atomic mass is 9.99. The highest BCUT2D eigenvalue weighted by Gasteiger charge is 2.15. The van der Waals surface area contributed by atoms with Crippen molar-refractivity contribution >= 4 is 11.6 Å². The number of anilines is 1. The highest BCUT2D eigenvalue weighted by molar-refractivity contribution is 6.12. The quantitative estimate of drug-likeness (QED) is 0.831. The molecule has 1 heterocycles. The summed E-state index contributed by atoms with van der Waals surface area (Å²) in [5.74, 6) is 0.683. The van der Waals surface area contributed by atoms with E-state index in [0.717, 1.165) is 24.1 Å². The number of pyridine rings is 1. The molecule has 0 saturated carbocycles. The lowest BCUT2D eigenvalue weighted by Crippen LogP contribution is -2.11. The smallest absolute Gasteiger partial charge is 0.196 e. The highest BCUT2D eigenvalue weighted by atomic mass is 16.1. The molecule has 3 nitrogen and oxygen atoms in total. The zero-order valence-electron chi connectivity index (χ0n) is 11.3. The third kappa shape index (κ3) is 2.99. The minimum atomic E-state index is 0.0183. The third-order valence-electron chi connectivity index (χ3n) is 2.98. The molecule has 1 aromatic heterocycles. The van der Waals surface area contributed by atoms with Gasteiger partial charge in [-0.15, -0.1) is 0 Å². The van der Waals surface area contributed by atoms with Gasteiger partial charge in [-0.3, -0.25) is 4.79 Å². The van der Waals surface area contributed by atoms with Crippen molar-refractivity contribution in [1.82, 2.24) is 4.98 Å². The molecule has 0 atom stereocenters. The Bertz CT molecular complexity index is 578. The second kappa shape index (κ2) is 6.14. The summed E-state index contributed by atoms with van der Waals surface area (Å²) in [6, 6.07) is 11.2. The molecule has 2 aromatic rings. The standard InChI is InChI=1S/C16H18N2O/c1-3-10-17-16-14(9-6-11-18-16)15(19)13-8-5-4-7-12(13)2/h4-9,11H,3,10H2,1-2H3,(H,17,18). The minimum absolute atomic E-state index is 0.0183. The van der Waals surface area contributed by atoms with Crippen molar-refractivity contribution in [3.05, 3.63) is 59.3 Å². The van der Waals surface area contributed by atoms with Gasteiger partial charge in [0.25, 0.3) is 0 Å². The Morgan fingerprint density at radius 3 is 2.63 bits per heavy atom. The van der Waals surface area contributed by atoms with Gasteiger partial charge in [-0.25, -0.2) is 4.98 Å². The normalized spacial score (nSPS) is 10.2. The Kier molecular flexibility index (Phi) is 4.29. The van der Waals surface area contributed by atoms with Crippen LogP contribution in [0.15, 0.2) is 42.6 Å². The Labute approximate surface area is 113 Å². The summed E-state index contributed by atoms with van der Waals surface area (Å²) < 4.78 is 0. The summed E-state index contributed by atoms with van der Waals surface area (Å²) in [5.41, 5.74) is 2.35. The maximum Gasteiger partial charge on any atom is 0.196 e. The number of hydrogen-bond donors (Lipinski definition) is 1. The summed E-state index contributed by atoms with van der Waals surface area (Å²) in [6.45, 7) is 4.84. The van der Waals surface area contributed by atoms with Crippen molar-refractivity contribution in [3.8, 4) is 0 Å². The van der Waals surface area contributed by atoms with Crippen LogP contribution in [-0.2, 0) is 0 Å². The summed E-state index contributed by atoms with van der Waals surface area (Å²) in [6.07, 6.45) is 2.70. The number of carbonyl (C=O) groups excluding carboxylic acids is 1. The SMILES string of the molecule is CCCNc1ncccc1C(=O)c1ccccc1C. The average Bonchev–Trinajstić information content (AvgIpc) is 2.45. The molecule has 0 radical (unpaired) electrons. The molecule has 0 amide bonds. The van der Waals surface area contributed by atoms with E-state index < -0.39 is 0 Å². The largest absolute Gasteiger partial charge is 0.369 e. The van der Waals surface area contributed by atoms with E-state index in [0.29, 0.717) is 11.4 Å². The molecule has 0 aliphatic heterocycles. The van der Waals surface area contributed by atoms with Crippen molar-refractivity contribution in [3.63, 3.8) is 0 Å². The molecule has 1 N–H and O–H groups in total. The van der Waals surface area contributed by atoms with E-state index in [-0.39, 0.29) is 5.78 Å². The molecule has 0 bridgehead atoms. The van der Waals surface area contributed by atoms with Crippen molar-refractivity contribution in [2.24, 2.45) is 0 Å². The van der Waals surface area contributed by atoms with Gasteiger partial charge >= 0.3 is 0 Å². The Morgan fingerprint density at radius 1 is 1.16 bits per heavy atom. The van der Waals surface area contributed by atoms with Crippen LogP contribution in [0.4, 0.5) is 5.82 Å². The molecule has 0 saturated heterocycles. The van der Waals surface area contributed by atoms with Gasteiger partial charge in [-0.2, -0.15) is 0 Å². The van der Waals surface area contributed by atoms with Gasteiger partial charge in [0, 0.05) is 18.3 Å². The second-order valence-corrected chi connectivity index (χ2v) is 4.47. The number of ketones is 1. The monoisotopic (exact) mass is 254 g/mol. The van der Waals surface area contributed by atoms with Crippen LogP contribution in [0.25, 0.3) is 0 Å². The van der Waals surface area contributed by atoms with E-state index in [1.807, 2.05) is 37.3 Å². The predicted octanol–water partition coefficient (Wildman–Crippen LogP) is 3.44. The average molecular weight is 254 g/mol. The fraction of sp³-hybridized carbons (Fsp3) is 0.250. The van der Waals surface area contributed by atoms with Gasteiger partial charge in [0.05, 0.1) is 5.56 Å². The van der Waals surface area contributed by atoms with Crippen LogP contribution in [0, 0.1) is 6.92 Å². The summed E-state index contributed by atoms with van der Waals surface area (Å²) in [4.78, 5) is 16.8. The van der Waals surface area contributed by atoms with Gasteiger partial charge < -0.3 is 5.32 Å². The number of carbonyl (C=O) groups is 1. The first-order chi connectivity index (χ1) is 9.24. The van der Waals surface area contributed by atoms with E-state index in [1.165, 1.54) is 0 Å². The number of nitrogens with one attached hydrogen (secondary N) is 1. The molecule has 2 rings (SSSR count). The summed E-state index contributed by atoms with van der Waals surface area (Å²) in [5, 5.41) is 3.20. The Balaban J connectivity index is 2.36. The van der Waals surface area contributed by atoms with E-state index >= 15 is 0 Å². The maximum absolute atomic E-state index is 12.6. The topological polar surface area (TPSA) is 42.0 Å². The van der Waals surface area contributed by atoms with Crippen LogP contribution in [0.1, 0.15) is 34.8 Å². The van der Waals surface area contributed by atoms with E-state index in [2.05, 4.69) is 17.2 Å². The molecular weight excluding hydrogens is 236 g/mol. The molecule has 0 aliphatic carbocycles. The number of aromatic nitrogens is 1. The van der Waals surface area contributed by atoms with Gasteiger partial charge in [0.1, 0.15) is 5.82 Å². The van der Waals surface area contributed by atoms with Crippen LogP contribution in [-0.4, -0.2) is 17.3 Å². The molecule has 1 aromatic carbocycles. The molecule has 19 heavy (non-hydrogen) atoms. The summed E-state index contributed by atoms with van der Waals surface area (Å²) >= 11 is 0. The zero-order valence-corrected chi connectivity index (χ0v) is 11.3. The first-order valence-corrected chi connectivity index (χ1v) is 6.53. The number of rotatable bonds is 5. The number of benzene rings is 1. The molecule has 0 fully saturated rings. The maximum atomic E-state index is 12.6. The molecule has 0 spiro atoms. The zero-order chi connectivity index (χ0) is 13.7. The molecule has 3 heteroatoms. The third-order valence-corrected chi connectivity index (χ3v) is 2.98. The van der Waals surface area contributed by atoms with Gasteiger partial charge in [0.15, 0.2) is 5.78 Å². The van der Waals surface area contributed by atoms with Gasteiger partial charge in [0.2, 0.25) is 0 Å². The van der Waals surface area contributed by atoms with Crippen LogP contribution in [0.5, 0.6) is 0 Å². The molecule has 98 valence electrons. The molecule has 0 aliphatic rings. The minimum Gasteiger partial charge on any atom is -0.369 e. The molecule has 0 unspecified atom stereocenters. The lowest BCUT2D eigenvalue weighted by molar-refractivity contribution is 0.103. The molecular formula is C16H18N2O. The second-order valence-electron chi connectivity index (χ2n) is 4.47. The fourth-order valence-corrected chi connectivity index (χ4v) is 1.95. The van der Waals surface area contributed by atoms with Gasteiger partial charge in [-0.1, -0.05) is 31.2 Å². The predicted molar refractivity (Wildman–Crippen MR) is 77.6 cm³/mol. The van der Waals surface area contributed by atoms with E-state index in [9.17, 15) is 4.79 Å². The number of aryl methyl sites for hydroxylation is 1. The van der Waals surface area contributed by atoms with Crippen LogP contribution in [0.3, 0.4) is 0 Å². The van der Waals surface area contributed by atoms with Gasteiger partial charge in [-0.05, 0) is 31.0 Å². The highest BCUT2D eigenvalue weighted by Crippen LogP contribution is 2.19. The van der Waals surface area contributed by atoms with Crippen molar-refractivity contribution < 1.29 is 4.79 Å². The van der Waals surface area contributed by atoms with Crippen molar-refractivity contribution in [2.75, 3.05) is 11.9 Å². The number of hydrogen-bond acceptors (Lipinski definition) is 3. The van der Waals surface area contributed by atoms with E-state index in [1.54, 1.807) is 12.3 Å².